The van der Waals surface area contributed by atoms with E-state index in [1.54, 1.807) is 18.5 Å². The molecule has 0 bridgehead atoms. The van der Waals surface area contributed by atoms with Crippen LogP contribution in [0.25, 0.3) is 11.0 Å². The molecule has 1 aromatic carbocycles. The molecule has 1 heterocycles. The van der Waals surface area contributed by atoms with E-state index >= 15 is 0 Å². The van der Waals surface area contributed by atoms with Gasteiger partial charge in [0.15, 0.2) is 0 Å². The minimum atomic E-state index is -0.427. The number of H-pyrrole nitrogens is 1. The highest BCUT2D eigenvalue weighted by Crippen LogP contribution is 2.21. The van der Waals surface area contributed by atoms with Gasteiger partial charge in [-0.2, -0.15) is 0 Å². The minimum absolute atomic E-state index is 0.427. The predicted molar refractivity (Wildman–Crippen MR) is 57.2 cm³/mol. The highest BCUT2D eigenvalue weighted by molar-refractivity contribution is 9.08. The number of halogens is 1. The lowest BCUT2D eigenvalue weighted by Crippen LogP contribution is -2.13. The SMILES string of the molecule is NC(=O)c1ccc2[nH]cnc2c1CBr. The molecule has 0 saturated carbocycles. The van der Waals surface area contributed by atoms with Crippen LogP contribution in [-0.4, -0.2) is 15.9 Å². The number of aromatic amines is 1. The van der Waals surface area contributed by atoms with Crippen molar-refractivity contribution in [1.82, 2.24) is 9.97 Å². The van der Waals surface area contributed by atoms with Gasteiger partial charge >= 0.3 is 0 Å². The molecule has 14 heavy (non-hydrogen) atoms. The molecule has 2 aromatic rings. The van der Waals surface area contributed by atoms with Crippen molar-refractivity contribution in [2.45, 2.75) is 5.33 Å². The lowest BCUT2D eigenvalue weighted by Gasteiger charge is -2.03. The van der Waals surface area contributed by atoms with Crippen molar-refractivity contribution >= 4 is 32.9 Å². The summed E-state index contributed by atoms with van der Waals surface area (Å²) in [5, 5.41) is 0.563. The number of aromatic nitrogens is 2. The van der Waals surface area contributed by atoms with Crippen LogP contribution < -0.4 is 5.73 Å². The molecular formula is C9H8BrN3O. The zero-order valence-electron chi connectivity index (χ0n) is 7.25. The first-order chi connectivity index (χ1) is 6.74. The summed E-state index contributed by atoms with van der Waals surface area (Å²) >= 11 is 3.32. The fourth-order valence-corrected chi connectivity index (χ4v) is 2.00. The fourth-order valence-electron chi connectivity index (χ4n) is 1.43. The second-order valence-electron chi connectivity index (χ2n) is 2.89. The van der Waals surface area contributed by atoms with Gasteiger partial charge in [0.1, 0.15) is 0 Å². The molecule has 0 aliphatic rings. The Hall–Kier alpha value is -1.36. The maximum Gasteiger partial charge on any atom is 0.249 e. The molecule has 4 nitrogen and oxygen atoms in total. The van der Waals surface area contributed by atoms with E-state index in [4.69, 9.17) is 5.73 Å². The summed E-state index contributed by atoms with van der Waals surface area (Å²) in [6.07, 6.45) is 1.60. The summed E-state index contributed by atoms with van der Waals surface area (Å²) in [6, 6.07) is 3.51. The lowest BCUT2D eigenvalue weighted by molar-refractivity contribution is 0.1000. The van der Waals surface area contributed by atoms with Gasteiger partial charge in [0.05, 0.1) is 17.4 Å². The Balaban J connectivity index is 2.78. The van der Waals surface area contributed by atoms with Crippen molar-refractivity contribution in [3.8, 4) is 0 Å². The average Bonchev–Trinajstić information content (AvgIpc) is 2.63. The summed E-state index contributed by atoms with van der Waals surface area (Å²) in [7, 11) is 0. The number of hydrogen-bond acceptors (Lipinski definition) is 2. The number of amides is 1. The molecule has 1 aromatic heterocycles. The van der Waals surface area contributed by atoms with Gasteiger partial charge in [-0.05, 0) is 12.1 Å². The van der Waals surface area contributed by atoms with Crippen molar-refractivity contribution in [3.63, 3.8) is 0 Å². The van der Waals surface area contributed by atoms with Gasteiger partial charge in [-0.1, -0.05) is 15.9 Å². The highest BCUT2D eigenvalue weighted by atomic mass is 79.9. The molecule has 1 amide bonds. The maximum atomic E-state index is 11.1. The summed E-state index contributed by atoms with van der Waals surface area (Å²) in [5.41, 5.74) is 8.29. The van der Waals surface area contributed by atoms with Crippen LogP contribution in [0.4, 0.5) is 0 Å². The largest absolute Gasteiger partial charge is 0.366 e. The van der Waals surface area contributed by atoms with E-state index in [-0.39, 0.29) is 0 Å². The summed E-state index contributed by atoms with van der Waals surface area (Å²) < 4.78 is 0. The normalized spacial score (nSPS) is 10.6. The molecule has 0 radical (unpaired) electrons. The van der Waals surface area contributed by atoms with E-state index in [9.17, 15) is 4.79 Å². The molecule has 72 valence electrons. The molecule has 2 rings (SSSR count). The lowest BCUT2D eigenvalue weighted by atomic mass is 10.1. The number of nitrogens with zero attached hydrogens (tertiary/aromatic N) is 1. The molecule has 0 fully saturated rings. The number of nitrogens with two attached hydrogens (primary N) is 1. The molecule has 0 saturated heterocycles. The van der Waals surface area contributed by atoms with Crippen LogP contribution in [0.15, 0.2) is 18.5 Å². The predicted octanol–water partition coefficient (Wildman–Crippen LogP) is 1.56. The minimum Gasteiger partial charge on any atom is -0.366 e. The number of imidazole rings is 1. The van der Waals surface area contributed by atoms with Crippen LogP contribution in [0, 0.1) is 0 Å². The highest BCUT2D eigenvalue weighted by Gasteiger charge is 2.11. The summed E-state index contributed by atoms with van der Waals surface area (Å²) in [5.74, 6) is -0.427. The van der Waals surface area contributed by atoms with Gasteiger partial charge < -0.3 is 10.7 Å². The van der Waals surface area contributed by atoms with E-state index in [1.165, 1.54) is 0 Å². The van der Waals surface area contributed by atoms with Crippen LogP contribution in [0.5, 0.6) is 0 Å². The first kappa shape index (κ1) is 9.21. The molecule has 0 atom stereocenters. The molecule has 3 N–H and O–H groups in total. The Morgan fingerprint density at radius 2 is 2.36 bits per heavy atom. The number of rotatable bonds is 2. The molecule has 5 heteroatoms. The number of hydrogen-bond donors (Lipinski definition) is 2. The number of carbonyl (C=O) groups is 1. The number of benzene rings is 1. The second kappa shape index (κ2) is 3.42. The van der Waals surface area contributed by atoms with Gasteiger partial charge in [0.2, 0.25) is 5.91 Å². The third-order valence-corrected chi connectivity index (χ3v) is 2.66. The maximum absolute atomic E-state index is 11.1. The first-order valence-corrected chi connectivity index (χ1v) is 5.17. The van der Waals surface area contributed by atoms with Crippen LogP contribution in [-0.2, 0) is 5.33 Å². The first-order valence-electron chi connectivity index (χ1n) is 4.04. The van der Waals surface area contributed by atoms with Crippen LogP contribution >= 0.6 is 15.9 Å². The Bertz CT molecular complexity index is 492. The number of alkyl halides is 1. The number of fused-ring (bicyclic) bond motifs is 1. The number of nitrogens with one attached hydrogen (secondary N) is 1. The fraction of sp³-hybridized carbons (Fsp3) is 0.111. The van der Waals surface area contributed by atoms with Crippen molar-refractivity contribution in [2.75, 3.05) is 0 Å². The van der Waals surface area contributed by atoms with Crippen molar-refractivity contribution in [2.24, 2.45) is 5.73 Å². The van der Waals surface area contributed by atoms with E-state index < -0.39 is 5.91 Å². The topological polar surface area (TPSA) is 71.8 Å². The van der Waals surface area contributed by atoms with Crippen molar-refractivity contribution < 1.29 is 4.79 Å². The zero-order valence-corrected chi connectivity index (χ0v) is 8.84. The molecule has 0 aliphatic carbocycles. The van der Waals surface area contributed by atoms with E-state index in [1.807, 2.05) is 0 Å². The Labute approximate surface area is 88.6 Å². The average molecular weight is 254 g/mol. The molecule has 0 unspecified atom stereocenters. The van der Waals surface area contributed by atoms with E-state index in [0.717, 1.165) is 16.6 Å². The monoisotopic (exact) mass is 253 g/mol. The van der Waals surface area contributed by atoms with Gasteiger partial charge in [0, 0.05) is 16.5 Å². The quantitative estimate of drug-likeness (QED) is 0.798. The van der Waals surface area contributed by atoms with Gasteiger partial charge in [-0.3, -0.25) is 4.79 Å². The smallest absolute Gasteiger partial charge is 0.249 e. The van der Waals surface area contributed by atoms with Crippen LogP contribution in [0.1, 0.15) is 15.9 Å². The Kier molecular flexibility index (Phi) is 2.25. The van der Waals surface area contributed by atoms with Gasteiger partial charge in [-0.15, -0.1) is 0 Å². The molecule has 0 spiro atoms. The van der Waals surface area contributed by atoms with Crippen molar-refractivity contribution in [3.05, 3.63) is 29.6 Å². The summed E-state index contributed by atoms with van der Waals surface area (Å²) in [6.45, 7) is 0. The van der Waals surface area contributed by atoms with Gasteiger partial charge in [0.25, 0.3) is 0 Å². The third kappa shape index (κ3) is 1.29. The third-order valence-electron chi connectivity index (χ3n) is 2.10. The van der Waals surface area contributed by atoms with Crippen LogP contribution in [0.2, 0.25) is 0 Å². The Morgan fingerprint density at radius 3 is 3.00 bits per heavy atom. The van der Waals surface area contributed by atoms with Gasteiger partial charge in [-0.25, -0.2) is 4.98 Å². The standard InChI is InChI=1S/C9H8BrN3O/c10-3-6-5(9(11)14)1-2-7-8(6)13-4-12-7/h1-2,4H,3H2,(H2,11,14)(H,12,13). The van der Waals surface area contributed by atoms with Crippen molar-refractivity contribution in [1.29, 1.82) is 0 Å². The Morgan fingerprint density at radius 1 is 1.57 bits per heavy atom. The number of carbonyl (C=O) groups excluding carboxylic acids is 1. The van der Waals surface area contributed by atoms with E-state index in [0.29, 0.717) is 10.9 Å². The molecular weight excluding hydrogens is 246 g/mol. The second-order valence-corrected chi connectivity index (χ2v) is 3.45. The van der Waals surface area contributed by atoms with Crippen LogP contribution in [0.3, 0.4) is 0 Å². The number of primary amides is 1. The van der Waals surface area contributed by atoms with E-state index in [2.05, 4.69) is 25.9 Å². The molecule has 0 aliphatic heterocycles. The zero-order chi connectivity index (χ0) is 10.1. The summed E-state index contributed by atoms with van der Waals surface area (Å²) in [4.78, 5) is 18.2.